The highest BCUT2D eigenvalue weighted by Crippen LogP contribution is 2.40. The number of benzene rings is 1. The summed E-state index contributed by atoms with van der Waals surface area (Å²) in [4.78, 5) is 1.54. The van der Waals surface area contributed by atoms with E-state index in [0.717, 1.165) is 11.2 Å². The molecule has 1 atom stereocenters. The Balaban J connectivity index is 1.70. The fourth-order valence-corrected chi connectivity index (χ4v) is 3.54. The second-order valence-corrected chi connectivity index (χ2v) is 6.33. The zero-order valence-electron chi connectivity index (χ0n) is 9.61. The van der Waals surface area contributed by atoms with Gasteiger partial charge in [-0.1, -0.05) is 18.2 Å². The number of hydrogen-bond acceptors (Lipinski definition) is 2. The average Bonchev–Trinajstić information content (AvgIpc) is 2.96. The van der Waals surface area contributed by atoms with Gasteiger partial charge in [0.25, 0.3) is 0 Å². The summed E-state index contributed by atoms with van der Waals surface area (Å²) in [7, 11) is 0. The van der Waals surface area contributed by atoms with Crippen LogP contribution >= 0.6 is 11.8 Å². The van der Waals surface area contributed by atoms with Gasteiger partial charge in [-0.15, -0.1) is 11.8 Å². The van der Waals surface area contributed by atoms with Crippen LogP contribution in [0.25, 0.3) is 0 Å². The predicted octanol–water partition coefficient (Wildman–Crippen LogP) is 3.09. The van der Waals surface area contributed by atoms with Gasteiger partial charge in [0.1, 0.15) is 0 Å². The van der Waals surface area contributed by atoms with Crippen LogP contribution in [0.2, 0.25) is 0 Å². The minimum atomic E-state index is 0.862. The second-order valence-electron chi connectivity index (χ2n) is 4.99. The van der Waals surface area contributed by atoms with Crippen LogP contribution in [0.4, 0.5) is 0 Å². The molecular formula is C14H19NS. The molecule has 1 N–H and O–H groups in total. The molecule has 16 heavy (non-hydrogen) atoms. The molecule has 2 aliphatic rings. The van der Waals surface area contributed by atoms with E-state index in [1.807, 2.05) is 0 Å². The van der Waals surface area contributed by atoms with Crippen LogP contribution in [0, 0.1) is 5.92 Å². The van der Waals surface area contributed by atoms with Crippen molar-refractivity contribution >= 4 is 11.8 Å². The van der Waals surface area contributed by atoms with Crippen molar-refractivity contribution in [1.29, 1.82) is 0 Å². The van der Waals surface area contributed by atoms with Gasteiger partial charge in [-0.05, 0) is 56.3 Å². The Hall–Kier alpha value is -0.470. The van der Waals surface area contributed by atoms with Gasteiger partial charge in [-0.25, -0.2) is 0 Å². The van der Waals surface area contributed by atoms with Crippen molar-refractivity contribution in [2.45, 2.75) is 35.8 Å². The lowest BCUT2D eigenvalue weighted by atomic mass is 9.99. The zero-order chi connectivity index (χ0) is 10.8. The van der Waals surface area contributed by atoms with E-state index < -0.39 is 0 Å². The summed E-state index contributed by atoms with van der Waals surface area (Å²) < 4.78 is 0. The highest BCUT2D eigenvalue weighted by atomic mass is 32.2. The molecule has 1 saturated heterocycles. The molecule has 3 rings (SSSR count). The molecule has 1 nitrogen and oxygen atoms in total. The van der Waals surface area contributed by atoms with Crippen molar-refractivity contribution in [3.8, 4) is 0 Å². The Morgan fingerprint density at radius 1 is 1.19 bits per heavy atom. The monoisotopic (exact) mass is 233 g/mol. The van der Waals surface area contributed by atoms with Crippen molar-refractivity contribution in [3.63, 3.8) is 0 Å². The van der Waals surface area contributed by atoms with Crippen molar-refractivity contribution in [3.05, 3.63) is 29.8 Å². The van der Waals surface area contributed by atoms with Gasteiger partial charge >= 0.3 is 0 Å². The topological polar surface area (TPSA) is 12.0 Å². The molecule has 0 spiro atoms. The molecule has 1 aliphatic heterocycles. The summed E-state index contributed by atoms with van der Waals surface area (Å²) >= 11 is 2.10. The normalized spacial score (nSPS) is 24.9. The van der Waals surface area contributed by atoms with E-state index >= 15 is 0 Å². The Labute approximate surface area is 102 Å². The van der Waals surface area contributed by atoms with Gasteiger partial charge in [0, 0.05) is 10.1 Å². The van der Waals surface area contributed by atoms with Gasteiger partial charge in [0.2, 0.25) is 0 Å². The van der Waals surface area contributed by atoms with Crippen LogP contribution in [-0.2, 0) is 6.42 Å². The van der Waals surface area contributed by atoms with Crippen molar-refractivity contribution in [2.24, 2.45) is 5.92 Å². The van der Waals surface area contributed by atoms with Crippen LogP contribution in [0.1, 0.15) is 24.8 Å². The average molecular weight is 233 g/mol. The molecule has 1 aromatic carbocycles. The summed E-state index contributed by atoms with van der Waals surface area (Å²) in [6.07, 6.45) is 5.46. The third-order valence-electron chi connectivity index (χ3n) is 3.46. The number of thioether (sulfide) groups is 1. The maximum atomic E-state index is 3.46. The summed E-state index contributed by atoms with van der Waals surface area (Å²) in [6, 6.07) is 9.00. The molecule has 0 aromatic heterocycles. The first-order valence-electron chi connectivity index (χ1n) is 6.37. The lowest BCUT2D eigenvalue weighted by Crippen LogP contribution is -2.11. The second kappa shape index (κ2) is 4.80. The molecule has 86 valence electrons. The molecule has 0 bridgehead atoms. The largest absolute Gasteiger partial charge is 0.316 e. The van der Waals surface area contributed by atoms with Crippen LogP contribution in [0.5, 0.6) is 0 Å². The molecule has 0 amide bonds. The minimum Gasteiger partial charge on any atom is -0.316 e. The maximum Gasteiger partial charge on any atom is 0.0107 e. The van der Waals surface area contributed by atoms with Crippen LogP contribution in [0.15, 0.2) is 29.2 Å². The minimum absolute atomic E-state index is 0.862. The SMILES string of the molecule is c1ccc(SC2CC2)c(CC2CCNC2)c1. The smallest absolute Gasteiger partial charge is 0.0107 e. The molecule has 2 heteroatoms. The van der Waals surface area contributed by atoms with Gasteiger partial charge in [0.05, 0.1) is 0 Å². The molecule has 1 unspecified atom stereocenters. The van der Waals surface area contributed by atoms with Crippen LogP contribution in [-0.4, -0.2) is 18.3 Å². The number of hydrogen-bond donors (Lipinski definition) is 1. The predicted molar refractivity (Wildman–Crippen MR) is 70.0 cm³/mol. The van der Waals surface area contributed by atoms with E-state index in [-0.39, 0.29) is 0 Å². The summed E-state index contributed by atoms with van der Waals surface area (Å²) in [6.45, 7) is 2.42. The summed E-state index contributed by atoms with van der Waals surface area (Å²) in [5.74, 6) is 0.862. The van der Waals surface area contributed by atoms with E-state index in [9.17, 15) is 0 Å². The standard InChI is InChI=1S/C14H19NS/c1-2-4-14(16-13-5-6-13)12(3-1)9-11-7-8-15-10-11/h1-4,11,13,15H,5-10H2. The highest BCUT2D eigenvalue weighted by molar-refractivity contribution is 8.00. The molecule has 1 heterocycles. The van der Waals surface area contributed by atoms with Crippen molar-refractivity contribution in [2.75, 3.05) is 13.1 Å². The molecule has 1 aromatic rings. The lowest BCUT2D eigenvalue weighted by molar-refractivity contribution is 0.575. The first-order chi connectivity index (χ1) is 7.92. The molecule has 1 saturated carbocycles. The van der Waals surface area contributed by atoms with E-state index in [0.29, 0.717) is 0 Å². The van der Waals surface area contributed by atoms with Crippen LogP contribution < -0.4 is 5.32 Å². The first kappa shape index (κ1) is 10.7. The lowest BCUT2D eigenvalue weighted by Gasteiger charge is -2.12. The van der Waals surface area contributed by atoms with Gasteiger partial charge in [-0.2, -0.15) is 0 Å². The number of rotatable bonds is 4. The van der Waals surface area contributed by atoms with Gasteiger partial charge in [0.15, 0.2) is 0 Å². The fraction of sp³-hybridized carbons (Fsp3) is 0.571. The fourth-order valence-electron chi connectivity index (χ4n) is 2.35. The Bertz CT molecular complexity index is 354. The van der Waals surface area contributed by atoms with Gasteiger partial charge in [-0.3, -0.25) is 0 Å². The maximum absolute atomic E-state index is 3.46. The van der Waals surface area contributed by atoms with E-state index in [1.54, 1.807) is 5.56 Å². The van der Waals surface area contributed by atoms with Crippen LogP contribution in [0.3, 0.4) is 0 Å². The quantitative estimate of drug-likeness (QED) is 0.857. The third kappa shape index (κ3) is 2.61. The van der Waals surface area contributed by atoms with E-state index in [4.69, 9.17) is 0 Å². The Morgan fingerprint density at radius 2 is 2.06 bits per heavy atom. The molecule has 2 fully saturated rings. The third-order valence-corrected chi connectivity index (χ3v) is 4.92. The summed E-state index contributed by atoms with van der Waals surface area (Å²) in [5, 5.41) is 4.38. The van der Waals surface area contributed by atoms with Gasteiger partial charge < -0.3 is 5.32 Å². The van der Waals surface area contributed by atoms with Crippen molar-refractivity contribution in [1.82, 2.24) is 5.32 Å². The molecular weight excluding hydrogens is 214 g/mol. The molecule has 1 aliphatic carbocycles. The van der Waals surface area contributed by atoms with Crippen molar-refractivity contribution < 1.29 is 0 Å². The first-order valence-corrected chi connectivity index (χ1v) is 7.25. The zero-order valence-corrected chi connectivity index (χ0v) is 10.4. The highest BCUT2D eigenvalue weighted by Gasteiger charge is 2.24. The van der Waals surface area contributed by atoms with E-state index in [1.165, 1.54) is 43.7 Å². The Kier molecular flexibility index (Phi) is 3.20. The van der Waals surface area contributed by atoms with E-state index in [2.05, 4.69) is 41.3 Å². The summed E-state index contributed by atoms with van der Waals surface area (Å²) in [5.41, 5.74) is 1.58. The molecule has 0 radical (unpaired) electrons. The number of nitrogens with one attached hydrogen (secondary N) is 1. The Morgan fingerprint density at radius 3 is 2.81 bits per heavy atom.